The van der Waals surface area contributed by atoms with E-state index >= 15 is 0 Å². The van der Waals surface area contributed by atoms with E-state index in [2.05, 4.69) is 57.2 Å². The van der Waals surface area contributed by atoms with Gasteiger partial charge in [-0.15, -0.1) is 0 Å². The Hall–Kier alpha value is -7.78. The average Bonchev–Trinajstić information content (AvgIpc) is 1.08. The van der Waals surface area contributed by atoms with Gasteiger partial charge in [-0.05, 0) is 126 Å². The van der Waals surface area contributed by atoms with Gasteiger partial charge < -0.3 is 114 Å². The van der Waals surface area contributed by atoms with E-state index in [1.807, 2.05) is 27.7 Å². The first-order valence-corrected chi connectivity index (χ1v) is 47.6. The molecule has 4 saturated heterocycles. The van der Waals surface area contributed by atoms with Crippen LogP contribution in [0.2, 0.25) is 0 Å². The van der Waals surface area contributed by atoms with Crippen molar-refractivity contribution in [2.75, 3.05) is 106 Å². The fourth-order valence-corrected chi connectivity index (χ4v) is 15.7. The molecule has 4 fully saturated rings. The van der Waals surface area contributed by atoms with Crippen LogP contribution in [-0.2, 0) is 129 Å². The number of hydrogen-bond donors (Lipinski definition) is 8. The number of halogens is 5. The van der Waals surface area contributed by atoms with Crippen LogP contribution in [0.25, 0.3) is 0 Å². The Kier molecular flexibility index (Phi) is 59.0. The first kappa shape index (κ1) is 119. The van der Waals surface area contributed by atoms with Crippen molar-refractivity contribution in [3.05, 3.63) is 29.1 Å². The number of Topliss-reactive ketones (excluding diaryl/α,β-unsaturated/α-hetero) is 4. The largest absolute Gasteiger partial charge is 0.463 e. The predicted octanol–water partition coefficient (Wildman–Crippen LogP) is 9.28. The van der Waals surface area contributed by atoms with E-state index in [1.165, 1.54) is 41.7 Å². The molecule has 5 rings (SSSR count). The van der Waals surface area contributed by atoms with E-state index in [0.717, 1.165) is 0 Å². The molecule has 7 unspecified atom stereocenters. The summed E-state index contributed by atoms with van der Waals surface area (Å²) in [5.74, 6) is -18.5. The van der Waals surface area contributed by atoms with E-state index in [0.29, 0.717) is 116 Å². The molecule has 0 spiro atoms. The smallest absolute Gasteiger partial charge is 0.311 e. The number of hydrogen-bond acceptors (Lipinski definition) is 31. The van der Waals surface area contributed by atoms with Crippen molar-refractivity contribution in [3.8, 4) is 5.75 Å². The minimum atomic E-state index is -2.47. The van der Waals surface area contributed by atoms with Crippen LogP contribution in [-0.4, -0.2) is 274 Å². The summed E-state index contributed by atoms with van der Waals surface area (Å²) in [6.45, 7) is 22.4. The first-order valence-electron chi connectivity index (χ1n) is 48.7. The Labute approximate surface area is 799 Å². The number of carbonyl (C=O) groups excluding carboxylic acids is 13. The van der Waals surface area contributed by atoms with Crippen LogP contribution in [0.15, 0.2) is 0 Å². The van der Waals surface area contributed by atoms with Gasteiger partial charge in [-0.2, -0.15) is 8.78 Å². The molecule has 1 aromatic rings. The second-order valence-corrected chi connectivity index (χ2v) is 35.4. The maximum Gasteiger partial charge on any atom is 0.311 e. The number of aliphatic hydroxyl groups is 2. The Bertz CT molecular complexity index is 3710. The van der Waals surface area contributed by atoms with Crippen LogP contribution in [0.3, 0.4) is 0 Å². The highest BCUT2D eigenvalue weighted by Crippen LogP contribution is 2.38. The predicted molar refractivity (Wildman–Crippen MR) is 482 cm³/mol. The maximum atomic E-state index is 14.4. The highest BCUT2D eigenvalue weighted by atomic mass is 19.2. The van der Waals surface area contributed by atoms with E-state index in [4.69, 9.17) is 74.9 Å². The normalized spacial score (nSPS) is 24.7. The topological polar surface area (TPSA) is 487 Å². The van der Waals surface area contributed by atoms with Gasteiger partial charge in [0.2, 0.25) is 65.8 Å². The monoisotopic (exact) mass is 1960 g/mol. The van der Waals surface area contributed by atoms with Crippen molar-refractivity contribution < 1.29 is 167 Å². The van der Waals surface area contributed by atoms with Crippen molar-refractivity contribution in [2.45, 2.75) is 343 Å². The summed E-state index contributed by atoms with van der Waals surface area (Å²) in [5, 5.41) is 27.2. The molecular weight excluding hydrogens is 1800 g/mol. The molecule has 136 heavy (non-hydrogen) atoms. The molecule has 780 valence electrons. The second kappa shape index (κ2) is 67.5. The third kappa shape index (κ3) is 47.0. The molecule has 4 heterocycles. The lowest BCUT2D eigenvalue weighted by atomic mass is 9.79. The molecule has 1 aromatic carbocycles. The lowest BCUT2D eigenvalue weighted by molar-refractivity contribution is -0.255. The van der Waals surface area contributed by atoms with E-state index in [1.54, 1.807) is 6.92 Å². The Balaban J connectivity index is 0.00000298. The highest BCUT2D eigenvalue weighted by molar-refractivity contribution is 5.81. The molecule has 0 saturated carbocycles. The molecule has 0 aromatic heterocycles. The fraction of sp³-hybridized carbons (Fsp3) is 0.800. The van der Waals surface area contributed by atoms with Gasteiger partial charge in [0.25, 0.3) is 0 Å². The summed E-state index contributed by atoms with van der Waals surface area (Å²) in [5.41, 5.74) is 3.53. The van der Waals surface area contributed by atoms with Crippen LogP contribution in [0.1, 0.15) is 265 Å². The number of benzene rings is 1. The number of aliphatic hydroxyl groups excluding tert-OH is 2. The lowest BCUT2D eigenvalue weighted by Crippen LogP contribution is -2.58. The maximum absolute atomic E-state index is 14.4. The SMILES string of the molecule is CC(=O)NC1[C@H](OCCCCC(=O)CCCCCC(=O)CCOCC(COCCC(=O)CCCCCC(=O)CCCCO[C@@H]2OC(COC(C)=O)[C@H](C)[C@H](C)C2C)(COCCC(=O)NCCCNC(=O)CCCCO[C@@H]2OC(COC(C)=O)[C@H](C)[C@H](C)C2NC(C)=O)NC(=O)CCCC(=O)Oc2c(F)c(F)c(F)c(F)c2F)OC(COC(C)=O)[C@H](C)[C@@H]1C.[2H]C[C@H]1O[C@@H](C)[C@H](OCN)[C@@H]1O.[3H]OC. The minimum Gasteiger partial charge on any atom is -0.463 e. The number of esters is 4. The van der Waals surface area contributed by atoms with Crippen LogP contribution in [0, 0.1) is 70.5 Å². The number of nitrogens with two attached hydrogens (primary N) is 1. The second-order valence-electron chi connectivity index (χ2n) is 35.4. The molecule has 4 aliphatic rings. The van der Waals surface area contributed by atoms with Crippen molar-refractivity contribution in [2.24, 2.45) is 47.2 Å². The Morgan fingerprint density at radius 1 is 0.412 bits per heavy atom. The van der Waals surface area contributed by atoms with Gasteiger partial charge in [0.15, 0.2) is 18.9 Å². The van der Waals surface area contributed by atoms with Crippen LogP contribution in [0.5, 0.6) is 5.75 Å². The lowest BCUT2D eigenvalue weighted by Gasteiger charge is -2.44. The molecule has 0 aliphatic carbocycles. The number of ether oxygens (including phenoxy) is 15. The molecule has 0 bridgehead atoms. The summed E-state index contributed by atoms with van der Waals surface area (Å²) in [4.78, 5) is 164. The molecular formula is C95H155F5N6O30. The third-order valence-electron chi connectivity index (χ3n) is 24.5. The molecule has 0 radical (unpaired) electrons. The van der Waals surface area contributed by atoms with Gasteiger partial charge in [-0.25, -0.2) is 13.2 Å². The fourth-order valence-electron chi connectivity index (χ4n) is 15.7. The summed E-state index contributed by atoms with van der Waals surface area (Å²) in [6, 6.07) is -0.911. The number of unbranched alkanes of at least 4 members (excludes halogenated alkanes) is 7. The van der Waals surface area contributed by atoms with Crippen LogP contribution < -0.4 is 37.1 Å². The number of rotatable bonds is 65. The van der Waals surface area contributed by atoms with Crippen molar-refractivity contribution in [1.29, 1.82) is 1.43 Å². The zero-order chi connectivity index (χ0) is 103. The van der Waals surface area contributed by atoms with Crippen molar-refractivity contribution >= 4 is 76.5 Å². The summed E-state index contributed by atoms with van der Waals surface area (Å²) in [6.07, 6.45) is 1.56. The zero-order valence-electron chi connectivity index (χ0n) is 83.9. The van der Waals surface area contributed by atoms with Crippen molar-refractivity contribution in [3.63, 3.8) is 0 Å². The quantitative estimate of drug-likeness (QED) is 0.00440. The van der Waals surface area contributed by atoms with Gasteiger partial charge in [0.1, 0.15) is 60.7 Å². The van der Waals surface area contributed by atoms with Gasteiger partial charge in [0, 0.05) is 159 Å². The van der Waals surface area contributed by atoms with Crippen molar-refractivity contribution in [1.82, 2.24) is 26.6 Å². The van der Waals surface area contributed by atoms with E-state index in [-0.39, 0.29) is 225 Å². The number of carbonyl (C=O) groups is 13. The molecule has 20 atom stereocenters. The number of nitrogens with one attached hydrogen (secondary N) is 5. The number of amides is 5. The zero-order valence-corrected chi connectivity index (χ0v) is 81.9. The third-order valence-corrected chi connectivity index (χ3v) is 24.5. The van der Waals surface area contributed by atoms with E-state index in [9.17, 15) is 89.4 Å². The standard InChI is InChI=1S/C87H136F5N5O26.C7H15NO3.CH4O/c1-53-54(2)69(47-117-62(10)100)120-84(59(53)7)114-41-22-19-31-65(103)27-15-13-17-29-67(105)36-44-111-50-87(97-74(109)34-25-35-75(110)123-83-79(91)77(89)76(88)78(90)80(83)92,51-112-45-37-68(106)30-18-14-16-28-66(104)32-20-23-42-115-85-81(95-60(8)98)57(5)55(3)70(121-85)48-118-63(11)101)52-113-46-38-73(108)94-40-26-39-93-72(107)33-21-24-43-116-86-82(96-61(9)99)58(6)56(4)71(122-86)49-119-64(12)102;1-4-6(9)7(10-3-8)5(2)11-4;1-2/h53-59,69-71,81-82,84-86H,13-52H2,1-12H3,(H,93,107)(H,94,108)(H,95,98)(H,96,99)(H,97,109);4-7,9H,3,8H2,1-2H3;2H,1H3/t53-,54+,55+,56+,57-,58-,59?,69?,70?,71?,81?,82?,84+,85+,86+,87?;4-,5+,6-,7+;/m01./s1/i;1D;2T. The van der Waals surface area contributed by atoms with Gasteiger partial charge >= 0.3 is 23.9 Å². The van der Waals surface area contributed by atoms with Gasteiger partial charge in [0.05, 0.1) is 89.0 Å². The van der Waals surface area contributed by atoms with E-state index < -0.39 is 165 Å². The summed E-state index contributed by atoms with van der Waals surface area (Å²) in [7, 11) is 1.29. The van der Waals surface area contributed by atoms with Gasteiger partial charge in [-0.3, -0.25) is 62.3 Å². The average molecular weight is 1960 g/mol. The van der Waals surface area contributed by atoms with Crippen LogP contribution in [0.4, 0.5) is 22.0 Å². The Morgan fingerprint density at radius 3 is 1.17 bits per heavy atom. The summed E-state index contributed by atoms with van der Waals surface area (Å²) >= 11 is 0. The van der Waals surface area contributed by atoms with Gasteiger partial charge in [-0.1, -0.05) is 61.3 Å². The Morgan fingerprint density at radius 2 is 0.772 bits per heavy atom. The minimum absolute atomic E-state index is 0.0240. The summed E-state index contributed by atoms with van der Waals surface area (Å²) < 4.78 is 169. The first-order chi connectivity index (χ1) is 65.5. The van der Waals surface area contributed by atoms with Crippen LogP contribution >= 0.6 is 0 Å². The number of ketones is 4. The highest BCUT2D eigenvalue weighted by Gasteiger charge is 2.46. The molecule has 41 heteroatoms. The molecule has 9 N–H and O–H groups in total. The molecule has 5 amide bonds. The molecule has 4 aliphatic heterocycles. The molecule has 36 nitrogen and oxygen atoms in total.